The van der Waals surface area contributed by atoms with Crippen molar-refractivity contribution in [1.82, 2.24) is 9.88 Å². The molecule has 6 heteroatoms. The summed E-state index contributed by atoms with van der Waals surface area (Å²) in [5, 5.41) is 10.9. The van der Waals surface area contributed by atoms with E-state index in [-0.39, 0.29) is 11.7 Å². The van der Waals surface area contributed by atoms with E-state index in [1.807, 2.05) is 24.5 Å². The molecule has 1 aliphatic heterocycles. The fraction of sp³-hybridized carbons (Fsp3) is 0.158. The van der Waals surface area contributed by atoms with Gasteiger partial charge in [-0.05, 0) is 42.2 Å². The number of halogens is 1. The third-order valence-corrected chi connectivity index (χ3v) is 5.18. The summed E-state index contributed by atoms with van der Waals surface area (Å²) in [6, 6.07) is 12.1. The normalized spacial score (nSPS) is 13.6. The van der Waals surface area contributed by atoms with E-state index in [2.05, 4.69) is 9.88 Å². The van der Waals surface area contributed by atoms with Crippen molar-refractivity contribution in [2.45, 2.75) is 6.54 Å². The summed E-state index contributed by atoms with van der Waals surface area (Å²) in [6.07, 6.45) is 1.93. The average molecular weight is 354 g/mol. The van der Waals surface area contributed by atoms with Gasteiger partial charge < -0.3 is 9.88 Å². The maximum atomic E-state index is 13.4. The fourth-order valence-electron chi connectivity index (χ4n) is 3.45. The van der Waals surface area contributed by atoms with E-state index in [1.54, 1.807) is 12.1 Å². The van der Waals surface area contributed by atoms with Gasteiger partial charge in [0.2, 0.25) is 5.04 Å². The molecule has 1 aromatic heterocycles. The average Bonchev–Trinajstić information content (AvgIpc) is 2.86. The van der Waals surface area contributed by atoms with E-state index in [0.29, 0.717) is 23.7 Å². The van der Waals surface area contributed by atoms with E-state index >= 15 is 0 Å². The Morgan fingerprint density at radius 2 is 2.00 bits per heavy atom. The summed E-state index contributed by atoms with van der Waals surface area (Å²) in [6.45, 7) is 1.16. The van der Waals surface area contributed by atoms with Crippen LogP contribution in [-0.4, -0.2) is 28.3 Å². The van der Waals surface area contributed by atoms with E-state index in [0.717, 1.165) is 27.7 Å². The minimum absolute atomic E-state index is 0.0817. The van der Waals surface area contributed by atoms with Gasteiger partial charge in [0.1, 0.15) is 5.82 Å². The Morgan fingerprint density at radius 3 is 2.72 bits per heavy atom. The molecule has 0 bridgehead atoms. The number of hydrogen-bond acceptors (Lipinski definition) is 2. The number of hydrogen-bond donors (Lipinski definition) is 2. The molecule has 1 aliphatic rings. The molecule has 0 atom stereocenters. The predicted octanol–water partition coefficient (Wildman–Crippen LogP) is 2.06. The molecule has 4 rings (SSSR count). The predicted molar refractivity (Wildman–Crippen MR) is 99.2 cm³/mol. The monoisotopic (exact) mass is 354 g/mol. The third kappa shape index (κ3) is 2.44. The van der Waals surface area contributed by atoms with Gasteiger partial charge >= 0.3 is 0 Å². The second-order valence-electron chi connectivity index (χ2n) is 5.91. The van der Waals surface area contributed by atoms with E-state index in [9.17, 15) is 9.18 Å². The number of benzene rings is 2. The van der Waals surface area contributed by atoms with Gasteiger partial charge in [-0.2, -0.15) is 0 Å². The van der Waals surface area contributed by atoms with Crippen molar-refractivity contribution in [1.29, 1.82) is 0 Å². The van der Waals surface area contributed by atoms with E-state index in [4.69, 9.17) is 5.41 Å². The van der Waals surface area contributed by atoms with Gasteiger partial charge in [0, 0.05) is 18.5 Å². The first-order valence-electron chi connectivity index (χ1n) is 7.98. The Morgan fingerprint density at radius 1 is 1.24 bits per heavy atom. The highest BCUT2D eigenvalue weighted by atomic mass is 32.2. The number of para-hydroxylation sites is 1. The molecule has 3 aromatic rings. The molecule has 0 spiro atoms. The van der Waals surface area contributed by atoms with Gasteiger partial charge in [0.05, 0.1) is 22.3 Å². The van der Waals surface area contributed by atoms with Crippen molar-refractivity contribution in [2.24, 2.45) is 0 Å². The summed E-state index contributed by atoms with van der Waals surface area (Å²) in [4.78, 5) is 12.4. The van der Waals surface area contributed by atoms with Crippen LogP contribution >= 0.6 is 11.8 Å². The fourth-order valence-corrected chi connectivity index (χ4v) is 3.86. The number of nitrogens with zero attached hydrogens (tertiary/aromatic N) is 1. The minimum atomic E-state index is -0.281. The number of nitrogens with two attached hydrogens (primary N) is 1. The van der Waals surface area contributed by atoms with Gasteiger partial charge in [-0.1, -0.05) is 23.9 Å². The molecule has 0 unspecified atom stereocenters. The van der Waals surface area contributed by atoms with E-state index < -0.39 is 0 Å². The molecule has 4 nitrogen and oxygen atoms in total. The molecule has 2 heterocycles. The topological polar surface area (TPSA) is 59.6 Å². The van der Waals surface area contributed by atoms with Gasteiger partial charge in [-0.15, -0.1) is 0 Å². The Hall–Kier alpha value is -2.60. The van der Waals surface area contributed by atoms with Crippen LogP contribution in [-0.2, 0) is 6.54 Å². The molecule has 2 aromatic carbocycles. The number of carbonyl (C=O) groups excluding carboxylic acids is 1. The molecule has 0 fully saturated rings. The zero-order valence-electron chi connectivity index (χ0n) is 13.7. The number of rotatable bonds is 2. The second-order valence-corrected chi connectivity index (χ2v) is 6.76. The highest BCUT2D eigenvalue weighted by molar-refractivity contribution is 8.13. The van der Waals surface area contributed by atoms with Crippen LogP contribution in [0.5, 0.6) is 0 Å². The molecule has 25 heavy (non-hydrogen) atoms. The van der Waals surface area contributed by atoms with Gasteiger partial charge in [-0.25, -0.2) is 9.80 Å². The van der Waals surface area contributed by atoms with Crippen LogP contribution in [0.3, 0.4) is 0 Å². The van der Waals surface area contributed by atoms with Gasteiger partial charge in [-0.3, -0.25) is 4.79 Å². The Balaban J connectivity index is 2.14. The number of carbonyl (C=O) groups is 1. The lowest BCUT2D eigenvalue weighted by atomic mass is 10.0. The first-order valence-corrected chi connectivity index (χ1v) is 9.20. The molecule has 0 aliphatic carbocycles. The van der Waals surface area contributed by atoms with Crippen LogP contribution in [0.25, 0.3) is 22.2 Å². The van der Waals surface area contributed by atoms with Crippen molar-refractivity contribution in [3.05, 3.63) is 59.4 Å². The lowest BCUT2D eigenvalue weighted by Gasteiger charge is -2.10. The molecule has 0 saturated heterocycles. The van der Waals surface area contributed by atoms with E-state index in [1.165, 1.54) is 23.9 Å². The van der Waals surface area contributed by atoms with Crippen molar-refractivity contribution in [3.8, 4) is 11.3 Å². The highest BCUT2D eigenvalue weighted by Crippen LogP contribution is 2.37. The third-order valence-electron chi connectivity index (χ3n) is 4.53. The maximum Gasteiger partial charge on any atom is 0.253 e. The summed E-state index contributed by atoms with van der Waals surface area (Å²) in [5.41, 5.74) is 4.23. The zero-order chi connectivity index (χ0) is 17.6. The van der Waals surface area contributed by atoms with Crippen LogP contribution in [0.15, 0.2) is 42.5 Å². The number of aromatic nitrogens is 1. The summed E-state index contributed by atoms with van der Waals surface area (Å²) in [5.74, 6) is -0.363. The van der Waals surface area contributed by atoms with Crippen LogP contribution in [0, 0.1) is 5.82 Å². The van der Waals surface area contributed by atoms with Crippen LogP contribution < -0.4 is 10.7 Å². The first kappa shape index (κ1) is 15.9. The minimum Gasteiger partial charge on any atom is -0.350 e. The zero-order valence-corrected chi connectivity index (χ0v) is 14.5. The Bertz CT molecular complexity index is 1010. The van der Waals surface area contributed by atoms with Crippen molar-refractivity contribution < 1.29 is 14.6 Å². The lowest BCUT2D eigenvalue weighted by molar-refractivity contribution is -0.107. The maximum absolute atomic E-state index is 13.4. The lowest BCUT2D eigenvalue weighted by Crippen LogP contribution is -2.38. The van der Waals surface area contributed by atoms with Gasteiger partial charge in [0.15, 0.2) is 0 Å². The summed E-state index contributed by atoms with van der Waals surface area (Å²) in [7, 11) is 0. The first-order chi connectivity index (χ1) is 12.1. The molecule has 3 N–H and O–H groups in total. The Kier molecular flexibility index (Phi) is 3.84. The molecular formula is C19H17FN3OS+. The van der Waals surface area contributed by atoms with Crippen LogP contribution in [0.1, 0.15) is 15.9 Å². The molecule has 1 amide bonds. The van der Waals surface area contributed by atoms with Crippen molar-refractivity contribution in [2.75, 3.05) is 12.8 Å². The smallest absolute Gasteiger partial charge is 0.253 e. The largest absolute Gasteiger partial charge is 0.350 e. The standard InChI is InChI=1S/C19H16FN3OS/c1-25-18(21)15-13-3-2-4-14-17(13)23(10-9-22-19(14)24)16(15)11-5-7-12(20)8-6-11/h2-8,21H,9-10H2,1H3,(H,22,24)/p+1. The quantitative estimate of drug-likeness (QED) is 0.547. The van der Waals surface area contributed by atoms with Crippen molar-refractivity contribution >= 4 is 33.6 Å². The number of nitrogens with one attached hydrogen (secondary N) is 1. The van der Waals surface area contributed by atoms with Crippen molar-refractivity contribution in [3.63, 3.8) is 0 Å². The molecular weight excluding hydrogens is 337 g/mol. The number of amides is 1. The molecule has 126 valence electrons. The van der Waals surface area contributed by atoms with Crippen LogP contribution in [0.2, 0.25) is 0 Å². The highest BCUT2D eigenvalue weighted by Gasteiger charge is 2.28. The molecule has 0 saturated carbocycles. The number of thioether (sulfide) groups is 1. The van der Waals surface area contributed by atoms with Crippen LogP contribution in [0.4, 0.5) is 4.39 Å². The second kappa shape index (κ2) is 6.04. The Labute approximate surface area is 148 Å². The SMILES string of the molecule is CSC(=[NH2+])c1c(-c2ccc(F)cc2)n2c3c(cccc13)C(=O)NCC2. The summed E-state index contributed by atoms with van der Waals surface area (Å²) < 4.78 is 15.5. The summed E-state index contributed by atoms with van der Waals surface area (Å²) >= 11 is 1.47. The van der Waals surface area contributed by atoms with Gasteiger partial charge in [0.25, 0.3) is 5.91 Å². The molecule has 0 radical (unpaired) electrons.